The fourth-order valence-corrected chi connectivity index (χ4v) is 10.6. The molecule has 3 atom stereocenters. The van der Waals surface area contributed by atoms with E-state index in [1.54, 1.807) is 0 Å². The molecule has 0 N–H and O–H groups in total. The Morgan fingerprint density at radius 3 is 1.83 bits per heavy atom. The molecule has 8 aliphatic carbocycles. The molecule has 9 nitrogen and oxygen atoms in total. The molecule has 0 spiro atoms. The van der Waals surface area contributed by atoms with Crippen molar-refractivity contribution in [1.82, 2.24) is 0 Å². The Hall–Kier alpha value is -1.89. The zero-order valence-corrected chi connectivity index (χ0v) is 23.6. The molecule has 0 saturated heterocycles. The van der Waals surface area contributed by atoms with Gasteiger partial charge in [0, 0.05) is 12.8 Å². The maximum Gasteiger partial charge on any atom is 0.364 e. The van der Waals surface area contributed by atoms with Crippen molar-refractivity contribution in [3.05, 3.63) is 0 Å². The molecule has 0 aliphatic heterocycles. The molecule has 8 saturated carbocycles. The van der Waals surface area contributed by atoms with Crippen molar-refractivity contribution < 1.29 is 54.7 Å². The molecular formula is C28H36F3O9S-. The molecular weight excluding hydrogens is 569 g/mol. The van der Waals surface area contributed by atoms with Crippen LogP contribution in [0.4, 0.5) is 13.2 Å². The predicted octanol–water partition coefficient (Wildman–Crippen LogP) is 4.04. The van der Waals surface area contributed by atoms with Crippen molar-refractivity contribution in [3.63, 3.8) is 0 Å². The third kappa shape index (κ3) is 5.16. The Balaban J connectivity index is 1.05. The highest BCUT2D eigenvalue weighted by molar-refractivity contribution is 7.86. The molecule has 0 amide bonds. The van der Waals surface area contributed by atoms with E-state index in [1.165, 1.54) is 19.3 Å². The summed E-state index contributed by atoms with van der Waals surface area (Å²) in [6, 6.07) is 0. The van der Waals surface area contributed by atoms with Crippen LogP contribution in [0.3, 0.4) is 0 Å². The summed E-state index contributed by atoms with van der Waals surface area (Å²) in [6.07, 6.45) is 4.50. The smallest absolute Gasteiger partial charge is 0.364 e. The van der Waals surface area contributed by atoms with Crippen LogP contribution in [0, 0.1) is 40.4 Å². The van der Waals surface area contributed by atoms with Crippen LogP contribution in [0.5, 0.6) is 0 Å². The molecule has 8 rings (SSSR count). The van der Waals surface area contributed by atoms with Gasteiger partial charge in [-0.15, -0.1) is 0 Å². The van der Waals surface area contributed by atoms with Crippen LogP contribution in [-0.2, 0) is 38.7 Å². The van der Waals surface area contributed by atoms with Crippen LogP contribution in [0.2, 0.25) is 0 Å². The van der Waals surface area contributed by atoms with Gasteiger partial charge < -0.3 is 18.8 Å². The van der Waals surface area contributed by atoms with Gasteiger partial charge in [-0.05, 0) is 100 Å². The molecule has 0 heterocycles. The number of esters is 3. The van der Waals surface area contributed by atoms with E-state index < -0.39 is 69.5 Å². The normalized spacial score (nSPS) is 41.2. The van der Waals surface area contributed by atoms with Crippen LogP contribution in [0.15, 0.2) is 0 Å². The molecule has 0 radical (unpaired) electrons. The third-order valence-corrected chi connectivity index (χ3v) is 11.8. The Morgan fingerprint density at radius 2 is 1.29 bits per heavy atom. The maximum atomic E-state index is 13.8. The van der Waals surface area contributed by atoms with E-state index in [2.05, 4.69) is 0 Å². The molecule has 0 aromatic heterocycles. The molecule has 8 bridgehead atoms. The minimum atomic E-state index is -6.21. The van der Waals surface area contributed by atoms with E-state index in [-0.39, 0.29) is 24.2 Å². The van der Waals surface area contributed by atoms with Crippen molar-refractivity contribution in [1.29, 1.82) is 0 Å². The molecule has 3 unspecified atom stereocenters. The highest BCUT2D eigenvalue weighted by atomic mass is 32.2. The monoisotopic (exact) mass is 605 g/mol. The zero-order valence-electron chi connectivity index (χ0n) is 22.8. The average molecular weight is 606 g/mol. The highest BCUT2D eigenvalue weighted by Crippen LogP contribution is 2.63. The van der Waals surface area contributed by atoms with E-state index in [9.17, 15) is 40.5 Å². The first-order chi connectivity index (χ1) is 19.1. The second kappa shape index (κ2) is 9.82. The lowest BCUT2D eigenvalue weighted by Gasteiger charge is -2.59. The summed E-state index contributed by atoms with van der Waals surface area (Å²) in [6.45, 7) is -1.32. The van der Waals surface area contributed by atoms with Crippen LogP contribution < -0.4 is 0 Å². The van der Waals surface area contributed by atoms with Gasteiger partial charge in [0.2, 0.25) is 0 Å². The lowest BCUT2D eigenvalue weighted by molar-refractivity contribution is -0.216. The van der Waals surface area contributed by atoms with E-state index in [1.807, 2.05) is 0 Å². The fraction of sp³-hybridized carbons (Fsp3) is 0.893. The molecule has 41 heavy (non-hydrogen) atoms. The number of hydrogen-bond acceptors (Lipinski definition) is 9. The van der Waals surface area contributed by atoms with Gasteiger partial charge in [-0.25, -0.2) is 17.6 Å². The van der Waals surface area contributed by atoms with E-state index in [0.29, 0.717) is 43.4 Å². The largest absolute Gasteiger partial charge is 0.743 e. The summed E-state index contributed by atoms with van der Waals surface area (Å²) in [5.74, 6) is 0.0588. The lowest BCUT2D eigenvalue weighted by Crippen LogP contribution is -2.60. The first-order valence-corrected chi connectivity index (χ1v) is 16.1. The topological polar surface area (TPSA) is 136 Å². The predicted molar refractivity (Wildman–Crippen MR) is 133 cm³/mol. The van der Waals surface area contributed by atoms with Gasteiger partial charge in [0.25, 0.3) is 0 Å². The van der Waals surface area contributed by atoms with Crippen LogP contribution in [0.1, 0.15) is 83.5 Å². The van der Waals surface area contributed by atoms with Gasteiger partial charge >= 0.3 is 23.2 Å². The molecule has 230 valence electrons. The Bertz CT molecular complexity index is 1170. The lowest BCUT2D eigenvalue weighted by atomic mass is 9.48. The van der Waals surface area contributed by atoms with Gasteiger partial charge in [0.15, 0.2) is 22.9 Å². The van der Waals surface area contributed by atoms with Gasteiger partial charge in [-0.2, -0.15) is 8.78 Å². The Morgan fingerprint density at radius 1 is 0.805 bits per heavy atom. The number of rotatable bonds is 10. The summed E-state index contributed by atoms with van der Waals surface area (Å²) < 4.78 is 89.2. The summed E-state index contributed by atoms with van der Waals surface area (Å²) in [4.78, 5) is 39.3. The number of carbonyl (C=O) groups excluding carboxylic acids is 3. The summed E-state index contributed by atoms with van der Waals surface area (Å²) in [5.41, 5.74) is -2.48. The van der Waals surface area contributed by atoms with Gasteiger partial charge in [-0.3, -0.25) is 9.59 Å². The van der Waals surface area contributed by atoms with E-state index in [4.69, 9.17) is 14.2 Å². The van der Waals surface area contributed by atoms with Crippen LogP contribution in [-0.4, -0.2) is 61.1 Å². The molecule has 0 aromatic carbocycles. The van der Waals surface area contributed by atoms with Gasteiger partial charge in [0.1, 0.15) is 5.60 Å². The number of alkyl halides is 3. The molecule has 13 heteroatoms. The van der Waals surface area contributed by atoms with Crippen molar-refractivity contribution in [2.75, 3.05) is 13.2 Å². The first-order valence-electron chi connectivity index (χ1n) is 14.7. The highest BCUT2D eigenvalue weighted by Gasteiger charge is 2.63. The van der Waals surface area contributed by atoms with Crippen molar-refractivity contribution in [2.45, 2.75) is 100 Å². The van der Waals surface area contributed by atoms with E-state index in [0.717, 1.165) is 25.7 Å². The summed E-state index contributed by atoms with van der Waals surface area (Å²) >= 11 is 0. The third-order valence-electron chi connectivity index (χ3n) is 10.9. The van der Waals surface area contributed by atoms with Crippen LogP contribution in [0.25, 0.3) is 0 Å². The molecule has 0 aromatic rings. The van der Waals surface area contributed by atoms with Gasteiger partial charge in [-0.1, -0.05) is 0 Å². The van der Waals surface area contributed by atoms with E-state index >= 15 is 0 Å². The minimum absolute atomic E-state index is 0.0649. The molecule has 8 fully saturated rings. The second-order valence-electron chi connectivity index (χ2n) is 14.1. The van der Waals surface area contributed by atoms with Gasteiger partial charge in [0.05, 0.1) is 17.4 Å². The SMILES string of the molecule is O=C(COC(=O)C12CC3CC(CC(C3)C1)C2)OC12CC3CC(C1)CC(C(=O)OCCC(F)C(F)(F)S(=O)(=O)[O-])(C3)C2. The Kier molecular flexibility index (Phi) is 6.99. The summed E-state index contributed by atoms with van der Waals surface area (Å²) in [5, 5.41) is -5.13. The minimum Gasteiger partial charge on any atom is -0.743 e. The maximum absolute atomic E-state index is 13.8. The van der Waals surface area contributed by atoms with Crippen molar-refractivity contribution in [2.24, 2.45) is 40.4 Å². The molecule has 8 aliphatic rings. The number of carbonyl (C=O) groups is 3. The number of halogens is 3. The summed E-state index contributed by atoms with van der Waals surface area (Å²) in [7, 11) is -6.21. The fourth-order valence-electron chi connectivity index (χ4n) is 10.2. The Labute approximate surface area is 237 Å². The van der Waals surface area contributed by atoms with Crippen LogP contribution >= 0.6 is 0 Å². The number of ether oxygens (including phenoxy) is 3. The average Bonchev–Trinajstić information content (AvgIpc) is 2.84. The standard InChI is InChI=1S/C28H37F3O9S/c29-21(28(30,31)41(35,36)37)1-2-38-24(34)26-10-19-6-20(11-26)13-27(12-19,15-26)40-22(32)14-39-23(33)25-7-16-3-17(8-25)5-18(4-16)9-25/h16-21H,1-15H2,(H,35,36,37)/p-1. The quantitative estimate of drug-likeness (QED) is 0.205. The zero-order chi connectivity index (χ0) is 29.4. The van der Waals surface area contributed by atoms with Crippen molar-refractivity contribution in [3.8, 4) is 0 Å². The number of hydrogen-bond donors (Lipinski definition) is 0. The first kappa shape index (κ1) is 29.2. The second-order valence-corrected chi connectivity index (χ2v) is 15.5. The van der Waals surface area contributed by atoms with Crippen molar-refractivity contribution >= 4 is 28.0 Å².